The lowest BCUT2D eigenvalue weighted by molar-refractivity contribution is -0.158. The number of benzene rings is 4. The van der Waals surface area contributed by atoms with Gasteiger partial charge in [-0.25, -0.2) is 9.90 Å². The number of fused-ring (bicyclic) bond motifs is 6. The molecule has 0 spiro atoms. The minimum absolute atomic E-state index is 0.0540. The van der Waals surface area contributed by atoms with Gasteiger partial charge >= 0.3 is 5.97 Å². The van der Waals surface area contributed by atoms with Crippen molar-refractivity contribution >= 4 is 5.97 Å². The van der Waals surface area contributed by atoms with E-state index < -0.39 is 18.0 Å². The standard InChI is InChI=1S/C29H21O3/c30-28(27-24-15-7-5-11-20(24)21-12-6-8-16-25(21)27)29(31)32-17-26-22-13-3-1-9-18(22)19-10-2-4-14-23(19)26/h1-16,26-28H,17H2. The van der Waals surface area contributed by atoms with Crippen LogP contribution in [0.2, 0.25) is 0 Å². The van der Waals surface area contributed by atoms with E-state index in [0.717, 1.165) is 33.4 Å². The van der Waals surface area contributed by atoms with Crippen LogP contribution in [0.3, 0.4) is 0 Å². The summed E-state index contributed by atoms with van der Waals surface area (Å²) in [6, 6.07) is 32.1. The second-order valence-electron chi connectivity index (χ2n) is 8.43. The fourth-order valence-electron chi connectivity index (χ4n) is 5.34. The van der Waals surface area contributed by atoms with Crippen LogP contribution in [0.4, 0.5) is 0 Å². The summed E-state index contributed by atoms with van der Waals surface area (Å²) >= 11 is 0. The molecule has 0 fully saturated rings. The molecular formula is C29H21O3. The van der Waals surface area contributed by atoms with Crippen LogP contribution in [0.5, 0.6) is 0 Å². The van der Waals surface area contributed by atoms with Crippen molar-refractivity contribution in [2.75, 3.05) is 6.61 Å². The van der Waals surface area contributed by atoms with Crippen molar-refractivity contribution < 1.29 is 14.6 Å². The Morgan fingerprint density at radius 2 is 1.00 bits per heavy atom. The molecule has 0 amide bonds. The van der Waals surface area contributed by atoms with E-state index in [1.54, 1.807) is 0 Å². The van der Waals surface area contributed by atoms with Crippen LogP contribution in [0, 0.1) is 0 Å². The predicted octanol–water partition coefficient (Wildman–Crippen LogP) is 5.95. The molecule has 0 saturated heterocycles. The van der Waals surface area contributed by atoms with Crippen molar-refractivity contribution in [1.82, 2.24) is 0 Å². The highest BCUT2D eigenvalue weighted by Crippen LogP contribution is 2.47. The van der Waals surface area contributed by atoms with Gasteiger partial charge in [0.2, 0.25) is 6.10 Å². The Morgan fingerprint density at radius 3 is 1.47 bits per heavy atom. The van der Waals surface area contributed by atoms with Gasteiger partial charge in [0.15, 0.2) is 0 Å². The number of carbonyl (C=O) groups excluding carboxylic acids is 1. The van der Waals surface area contributed by atoms with Crippen LogP contribution in [0.25, 0.3) is 22.3 Å². The molecule has 1 atom stereocenters. The predicted molar refractivity (Wildman–Crippen MR) is 123 cm³/mol. The molecule has 3 nitrogen and oxygen atoms in total. The molecule has 0 aromatic heterocycles. The number of carbonyl (C=O) groups is 1. The van der Waals surface area contributed by atoms with Crippen molar-refractivity contribution in [2.24, 2.45) is 0 Å². The third-order valence-corrected chi connectivity index (χ3v) is 6.77. The Morgan fingerprint density at radius 1 is 0.625 bits per heavy atom. The average Bonchev–Trinajstić information content (AvgIpc) is 3.35. The van der Waals surface area contributed by atoms with E-state index in [-0.39, 0.29) is 12.5 Å². The van der Waals surface area contributed by atoms with Crippen LogP contribution in [0.1, 0.15) is 34.1 Å². The normalized spacial score (nSPS) is 14.9. The van der Waals surface area contributed by atoms with Crippen LogP contribution in [-0.2, 0) is 14.6 Å². The summed E-state index contributed by atoms with van der Waals surface area (Å²) in [6.07, 6.45) is -1.51. The van der Waals surface area contributed by atoms with Gasteiger partial charge in [-0.3, -0.25) is 0 Å². The van der Waals surface area contributed by atoms with Gasteiger partial charge in [-0.1, -0.05) is 97.1 Å². The highest BCUT2D eigenvalue weighted by Gasteiger charge is 2.39. The number of hydrogen-bond donors (Lipinski definition) is 0. The molecule has 3 heteroatoms. The molecule has 6 rings (SSSR count). The van der Waals surface area contributed by atoms with E-state index in [9.17, 15) is 9.90 Å². The molecule has 0 aliphatic heterocycles. The summed E-state index contributed by atoms with van der Waals surface area (Å²) in [6.45, 7) is 0.168. The maximum absolute atomic E-state index is 13.4. The first-order chi connectivity index (χ1) is 15.7. The van der Waals surface area contributed by atoms with Gasteiger partial charge in [0.1, 0.15) is 6.61 Å². The van der Waals surface area contributed by atoms with Crippen molar-refractivity contribution in [3.8, 4) is 22.3 Å². The van der Waals surface area contributed by atoms with Crippen LogP contribution < -0.4 is 0 Å². The average molecular weight is 417 g/mol. The maximum Gasteiger partial charge on any atom is 0.339 e. The van der Waals surface area contributed by atoms with E-state index in [2.05, 4.69) is 24.3 Å². The van der Waals surface area contributed by atoms with Gasteiger partial charge < -0.3 is 4.74 Å². The summed E-state index contributed by atoms with van der Waals surface area (Å²) in [5.74, 6) is -1.27. The quantitative estimate of drug-likeness (QED) is 0.385. The largest absolute Gasteiger partial charge is 0.463 e. The van der Waals surface area contributed by atoms with E-state index in [1.807, 2.05) is 72.8 Å². The minimum atomic E-state index is -1.51. The number of hydrogen-bond acceptors (Lipinski definition) is 2. The lowest BCUT2D eigenvalue weighted by Gasteiger charge is -2.20. The van der Waals surface area contributed by atoms with Gasteiger partial charge in [0.25, 0.3) is 0 Å². The molecule has 0 bridgehead atoms. The van der Waals surface area contributed by atoms with Gasteiger partial charge in [-0.2, -0.15) is 0 Å². The molecular weight excluding hydrogens is 396 g/mol. The maximum atomic E-state index is 13.4. The minimum Gasteiger partial charge on any atom is -0.463 e. The Bertz CT molecular complexity index is 1250. The van der Waals surface area contributed by atoms with E-state index in [1.165, 1.54) is 11.1 Å². The first-order valence-corrected chi connectivity index (χ1v) is 10.9. The third-order valence-electron chi connectivity index (χ3n) is 6.77. The zero-order valence-corrected chi connectivity index (χ0v) is 17.4. The van der Waals surface area contributed by atoms with Crippen LogP contribution >= 0.6 is 0 Å². The van der Waals surface area contributed by atoms with Crippen LogP contribution in [-0.4, -0.2) is 18.7 Å². The van der Waals surface area contributed by atoms with Crippen molar-refractivity contribution in [3.05, 3.63) is 119 Å². The molecule has 32 heavy (non-hydrogen) atoms. The Kier molecular flexibility index (Phi) is 4.44. The fourth-order valence-corrected chi connectivity index (χ4v) is 5.34. The third kappa shape index (κ3) is 2.82. The molecule has 0 N–H and O–H groups in total. The van der Waals surface area contributed by atoms with Crippen LogP contribution in [0.15, 0.2) is 97.1 Å². The zero-order chi connectivity index (χ0) is 21.7. The molecule has 4 aromatic rings. The van der Waals surface area contributed by atoms with E-state index >= 15 is 0 Å². The zero-order valence-electron chi connectivity index (χ0n) is 17.4. The lowest BCUT2D eigenvalue weighted by Crippen LogP contribution is -2.29. The summed E-state index contributed by atoms with van der Waals surface area (Å²) < 4.78 is 5.69. The molecule has 155 valence electrons. The number of ether oxygens (including phenoxy) is 1. The Balaban J connectivity index is 1.27. The molecule has 4 aromatic carbocycles. The number of esters is 1. The molecule has 0 heterocycles. The molecule has 0 saturated carbocycles. The summed E-state index contributed by atoms with van der Waals surface area (Å²) in [5.41, 5.74) is 8.48. The molecule has 1 radical (unpaired) electrons. The van der Waals surface area contributed by atoms with E-state index in [4.69, 9.17) is 4.74 Å². The van der Waals surface area contributed by atoms with Gasteiger partial charge in [0.05, 0.1) is 5.92 Å². The SMILES string of the molecule is [O]C(C(=O)OCC1c2ccccc2-c2ccccc21)C1c2ccccc2-c2ccccc21. The second-order valence-corrected chi connectivity index (χ2v) is 8.43. The first kappa shape index (κ1) is 19.0. The highest BCUT2D eigenvalue weighted by atomic mass is 16.5. The van der Waals surface area contributed by atoms with E-state index in [0.29, 0.717) is 0 Å². The summed E-state index contributed by atoms with van der Waals surface area (Å²) in [5, 5.41) is 13.4. The number of rotatable bonds is 4. The fraction of sp³-hybridized carbons (Fsp3) is 0.138. The first-order valence-electron chi connectivity index (χ1n) is 10.9. The topological polar surface area (TPSA) is 46.2 Å². The lowest BCUT2D eigenvalue weighted by atomic mass is 9.91. The smallest absolute Gasteiger partial charge is 0.339 e. The molecule has 2 aliphatic carbocycles. The monoisotopic (exact) mass is 417 g/mol. The van der Waals surface area contributed by atoms with Crippen molar-refractivity contribution in [1.29, 1.82) is 0 Å². The van der Waals surface area contributed by atoms with Crippen molar-refractivity contribution in [3.63, 3.8) is 0 Å². The Hall–Kier alpha value is -3.69. The summed E-state index contributed by atoms with van der Waals surface area (Å²) in [4.78, 5) is 13.0. The molecule has 2 aliphatic rings. The highest BCUT2D eigenvalue weighted by molar-refractivity contribution is 5.85. The Labute approximate surface area is 186 Å². The van der Waals surface area contributed by atoms with Gasteiger partial charge in [-0.15, -0.1) is 0 Å². The molecule has 1 unspecified atom stereocenters. The summed E-state index contributed by atoms with van der Waals surface area (Å²) in [7, 11) is 0. The van der Waals surface area contributed by atoms with Gasteiger partial charge in [0, 0.05) is 5.92 Å². The van der Waals surface area contributed by atoms with Crippen molar-refractivity contribution in [2.45, 2.75) is 17.9 Å². The van der Waals surface area contributed by atoms with Gasteiger partial charge in [-0.05, 0) is 44.5 Å². The second kappa shape index (κ2) is 7.47.